The predicted molar refractivity (Wildman–Crippen MR) is 71.7 cm³/mol. The summed E-state index contributed by atoms with van der Waals surface area (Å²) in [5.74, 6) is 0.843. The molecular formula is C15H13N3O. The van der Waals surface area contributed by atoms with Crippen LogP contribution >= 0.6 is 0 Å². The third kappa shape index (κ3) is 1.89. The number of aryl methyl sites for hydroxylation is 2. The number of fused-ring (bicyclic) bond motifs is 1. The maximum atomic E-state index is 8.99. The van der Waals surface area contributed by atoms with Crippen molar-refractivity contribution < 1.29 is 4.52 Å². The molecule has 3 rings (SSSR count). The first-order valence-electron chi connectivity index (χ1n) is 6.10. The van der Waals surface area contributed by atoms with Gasteiger partial charge >= 0.3 is 0 Å². The summed E-state index contributed by atoms with van der Waals surface area (Å²) in [5, 5.41) is 14.1. The monoisotopic (exact) mass is 251 g/mol. The zero-order valence-electron chi connectivity index (χ0n) is 10.8. The summed E-state index contributed by atoms with van der Waals surface area (Å²) < 4.78 is 7.30. The van der Waals surface area contributed by atoms with Crippen LogP contribution in [0.3, 0.4) is 0 Å². The smallest absolute Gasteiger partial charge is 0.138 e. The van der Waals surface area contributed by atoms with E-state index in [9.17, 15) is 0 Å². The first kappa shape index (κ1) is 11.5. The van der Waals surface area contributed by atoms with E-state index >= 15 is 0 Å². The van der Waals surface area contributed by atoms with Gasteiger partial charge in [0.15, 0.2) is 0 Å². The van der Waals surface area contributed by atoms with Gasteiger partial charge in [-0.3, -0.25) is 0 Å². The normalized spacial score (nSPS) is 10.8. The molecule has 0 aliphatic rings. The first-order valence-corrected chi connectivity index (χ1v) is 6.10. The van der Waals surface area contributed by atoms with Gasteiger partial charge in [-0.15, -0.1) is 0 Å². The minimum absolute atomic E-state index is 0.672. The Hall–Kier alpha value is -2.54. The Morgan fingerprint density at radius 1 is 1.32 bits per heavy atom. The quantitative estimate of drug-likeness (QED) is 0.703. The molecule has 0 saturated carbocycles. The van der Waals surface area contributed by atoms with Crippen molar-refractivity contribution in [3.05, 3.63) is 53.0 Å². The topological polar surface area (TPSA) is 54.8 Å². The Balaban J connectivity index is 2.09. The fraction of sp³-hybridized carbons (Fsp3) is 0.200. The molecule has 4 heteroatoms. The lowest BCUT2D eigenvalue weighted by molar-refractivity contribution is 0.392. The second-order valence-electron chi connectivity index (χ2n) is 4.63. The van der Waals surface area contributed by atoms with Crippen LogP contribution in [0.25, 0.3) is 10.9 Å². The fourth-order valence-electron chi connectivity index (χ4n) is 2.29. The highest BCUT2D eigenvalue weighted by Crippen LogP contribution is 2.21. The molecule has 2 aromatic heterocycles. The van der Waals surface area contributed by atoms with E-state index in [0.717, 1.165) is 27.9 Å². The number of nitrogens with zero attached hydrogens (tertiary/aromatic N) is 3. The molecule has 1 aromatic carbocycles. The average molecular weight is 251 g/mol. The summed E-state index contributed by atoms with van der Waals surface area (Å²) in [7, 11) is 0. The average Bonchev–Trinajstić information content (AvgIpc) is 2.97. The van der Waals surface area contributed by atoms with E-state index in [1.54, 1.807) is 0 Å². The Morgan fingerprint density at radius 2 is 2.16 bits per heavy atom. The number of hydrogen-bond donors (Lipinski definition) is 0. The Bertz CT molecular complexity index is 770. The number of nitriles is 1. The SMILES string of the molecule is Cc1noc(C)c1Cn1ccc2ccc(C#N)cc21. The molecule has 2 heterocycles. The fourth-order valence-corrected chi connectivity index (χ4v) is 2.29. The van der Waals surface area contributed by atoms with E-state index in [-0.39, 0.29) is 0 Å². The molecule has 0 spiro atoms. The van der Waals surface area contributed by atoms with Crippen LogP contribution in [-0.4, -0.2) is 9.72 Å². The van der Waals surface area contributed by atoms with Gasteiger partial charge < -0.3 is 9.09 Å². The molecule has 0 radical (unpaired) electrons. The first-order chi connectivity index (χ1) is 9.19. The Morgan fingerprint density at radius 3 is 2.84 bits per heavy atom. The largest absolute Gasteiger partial charge is 0.361 e. The second kappa shape index (κ2) is 4.29. The number of hydrogen-bond acceptors (Lipinski definition) is 3. The third-order valence-electron chi connectivity index (χ3n) is 3.41. The van der Waals surface area contributed by atoms with Gasteiger partial charge in [0.25, 0.3) is 0 Å². The van der Waals surface area contributed by atoms with E-state index in [2.05, 4.69) is 21.9 Å². The standard InChI is InChI=1S/C15H13N3O/c1-10-14(11(2)19-17-10)9-18-6-5-13-4-3-12(8-16)7-15(13)18/h3-7H,9H2,1-2H3. The van der Waals surface area contributed by atoms with Gasteiger partial charge in [-0.25, -0.2) is 0 Å². The molecule has 0 aliphatic carbocycles. The molecular weight excluding hydrogens is 238 g/mol. The van der Waals surface area contributed by atoms with Crippen molar-refractivity contribution in [2.45, 2.75) is 20.4 Å². The molecule has 0 atom stereocenters. The Kier molecular flexibility index (Phi) is 2.60. The molecule has 0 amide bonds. The molecule has 0 bridgehead atoms. The van der Waals surface area contributed by atoms with Gasteiger partial charge in [-0.1, -0.05) is 11.2 Å². The van der Waals surface area contributed by atoms with Crippen LogP contribution < -0.4 is 0 Å². The molecule has 0 fully saturated rings. The molecule has 0 unspecified atom stereocenters. The van der Waals surface area contributed by atoms with E-state index in [1.165, 1.54) is 0 Å². The molecule has 3 aromatic rings. The maximum absolute atomic E-state index is 8.99. The highest BCUT2D eigenvalue weighted by Gasteiger charge is 2.11. The Labute approximate surface area is 110 Å². The lowest BCUT2D eigenvalue weighted by Gasteiger charge is -2.05. The highest BCUT2D eigenvalue weighted by atomic mass is 16.5. The van der Waals surface area contributed by atoms with Gasteiger partial charge in [-0.05, 0) is 37.4 Å². The summed E-state index contributed by atoms with van der Waals surface area (Å²) in [6.07, 6.45) is 2.03. The minimum atomic E-state index is 0.672. The van der Waals surface area contributed by atoms with Gasteiger partial charge in [0.2, 0.25) is 0 Å². The van der Waals surface area contributed by atoms with Crippen molar-refractivity contribution >= 4 is 10.9 Å². The molecule has 0 aliphatic heterocycles. The van der Waals surface area contributed by atoms with Crippen molar-refractivity contribution in [1.29, 1.82) is 5.26 Å². The summed E-state index contributed by atoms with van der Waals surface area (Å²) in [6.45, 7) is 4.57. The van der Waals surface area contributed by atoms with E-state index < -0.39 is 0 Å². The molecule has 0 N–H and O–H groups in total. The van der Waals surface area contributed by atoms with Gasteiger partial charge in [0.1, 0.15) is 5.76 Å². The van der Waals surface area contributed by atoms with Crippen molar-refractivity contribution in [3.8, 4) is 6.07 Å². The number of aromatic nitrogens is 2. The zero-order valence-corrected chi connectivity index (χ0v) is 10.8. The molecule has 94 valence electrons. The van der Waals surface area contributed by atoms with Crippen LogP contribution in [0, 0.1) is 25.2 Å². The van der Waals surface area contributed by atoms with Crippen LogP contribution in [0.1, 0.15) is 22.6 Å². The van der Waals surface area contributed by atoms with Crippen molar-refractivity contribution in [3.63, 3.8) is 0 Å². The van der Waals surface area contributed by atoms with Gasteiger partial charge in [0.05, 0.1) is 23.9 Å². The lowest BCUT2D eigenvalue weighted by atomic mass is 10.1. The van der Waals surface area contributed by atoms with E-state index in [4.69, 9.17) is 9.78 Å². The molecule has 19 heavy (non-hydrogen) atoms. The molecule has 0 saturated heterocycles. The van der Waals surface area contributed by atoms with E-state index in [1.807, 2.05) is 38.2 Å². The summed E-state index contributed by atoms with van der Waals surface area (Å²) in [5.41, 5.74) is 3.74. The van der Waals surface area contributed by atoms with Crippen LogP contribution in [0.2, 0.25) is 0 Å². The predicted octanol–water partition coefficient (Wildman–Crippen LogP) is 3.17. The number of benzene rings is 1. The summed E-state index contributed by atoms with van der Waals surface area (Å²) >= 11 is 0. The van der Waals surface area contributed by atoms with Crippen LogP contribution in [-0.2, 0) is 6.54 Å². The van der Waals surface area contributed by atoms with Crippen molar-refractivity contribution in [2.24, 2.45) is 0 Å². The number of rotatable bonds is 2. The summed E-state index contributed by atoms with van der Waals surface area (Å²) in [4.78, 5) is 0. The van der Waals surface area contributed by atoms with Gasteiger partial charge in [-0.2, -0.15) is 5.26 Å². The third-order valence-corrected chi connectivity index (χ3v) is 3.41. The van der Waals surface area contributed by atoms with E-state index in [0.29, 0.717) is 12.1 Å². The van der Waals surface area contributed by atoms with Gasteiger partial charge in [0, 0.05) is 17.3 Å². The van der Waals surface area contributed by atoms with Crippen LogP contribution in [0.4, 0.5) is 0 Å². The minimum Gasteiger partial charge on any atom is -0.361 e. The summed E-state index contributed by atoms with van der Waals surface area (Å²) in [6, 6.07) is 9.94. The molecule has 4 nitrogen and oxygen atoms in total. The maximum Gasteiger partial charge on any atom is 0.138 e. The van der Waals surface area contributed by atoms with Crippen LogP contribution in [0.5, 0.6) is 0 Å². The van der Waals surface area contributed by atoms with Crippen molar-refractivity contribution in [1.82, 2.24) is 9.72 Å². The van der Waals surface area contributed by atoms with Crippen molar-refractivity contribution in [2.75, 3.05) is 0 Å². The lowest BCUT2D eigenvalue weighted by Crippen LogP contribution is -2.00. The zero-order chi connectivity index (χ0) is 13.4. The highest BCUT2D eigenvalue weighted by molar-refractivity contribution is 5.81. The second-order valence-corrected chi connectivity index (χ2v) is 4.63. The van der Waals surface area contributed by atoms with Crippen LogP contribution in [0.15, 0.2) is 35.0 Å².